The Balaban J connectivity index is 2.64. The first-order valence-electron chi connectivity index (χ1n) is 4.28. The maximum Gasteiger partial charge on any atom is 0.255 e. The van der Waals surface area contributed by atoms with Crippen LogP contribution in [0.15, 0.2) is 16.7 Å². The molecule has 0 aliphatic rings. The van der Waals surface area contributed by atoms with Crippen LogP contribution in [-0.2, 0) is 6.42 Å². The van der Waals surface area contributed by atoms with Gasteiger partial charge in [0, 0.05) is 6.42 Å². The van der Waals surface area contributed by atoms with Crippen molar-refractivity contribution in [2.75, 3.05) is 6.54 Å². The van der Waals surface area contributed by atoms with Crippen molar-refractivity contribution in [3.8, 4) is 0 Å². The van der Waals surface area contributed by atoms with Crippen molar-refractivity contribution in [1.82, 2.24) is 5.32 Å². The van der Waals surface area contributed by atoms with Crippen molar-refractivity contribution in [1.29, 1.82) is 0 Å². The molecule has 0 aliphatic carbocycles. The Hall–Kier alpha value is -1.36. The van der Waals surface area contributed by atoms with E-state index in [1.807, 2.05) is 6.92 Å². The van der Waals surface area contributed by atoms with E-state index in [9.17, 15) is 4.79 Å². The van der Waals surface area contributed by atoms with E-state index in [-0.39, 0.29) is 17.4 Å². The van der Waals surface area contributed by atoms with Gasteiger partial charge in [-0.1, -0.05) is 19.1 Å². The molecule has 76 valence electrons. The second-order valence-corrected chi connectivity index (χ2v) is 3.28. The van der Waals surface area contributed by atoms with Crippen LogP contribution in [0.4, 0.5) is 0 Å². The molecule has 1 aromatic heterocycles. The van der Waals surface area contributed by atoms with Gasteiger partial charge in [0.05, 0.1) is 23.4 Å². The number of rotatable bonds is 4. The van der Waals surface area contributed by atoms with Gasteiger partial charge in [0.15, 0.2) is 0 Å². The number of carbonyl (C=O) groups is 1. The Morgan fingerprint density at radius 3 is 3.00 bits per heavy atom. The lowest BCUT2D eigenvalue weighted by molar-refractivity contribution is 0.0957. The third-order valence-electron chi connectivity index (χ3n) is 1.73. The minimum absolute atomic E-state index is 0.205. The summed E-state index contributed by atoms with van der Waals surface area (Å²) >= 11 is 4.64. The summed E-state index contributed by atoms with van der Waals surface area (Å²) in [7, 11) is 0. The molecule has 1 aromatic rings. The molecular formula is C9H12N2O2S. The minimum atomic E-state index is -0.205. The van der Waals surface area contributed by atoms with E-state index in [4.69, 9.17) is 10.2 Å². The number of furan rings is 1. The summed E-state index contributed by atoms with van der Waals surface area (Å²) in [6.07, 6.45) is 2.18. The quantitative estimate of drug-likeness (QED) is 0.726. The fraction of sp³-hybridized carbons (Fsp3) is 0.333. The lowest BCUT2D eigenvalue weighted by atomic mass is 10.2. The van der Waals surface area contributed by atoms with Crippen LogP contribution in [0.25, 0.3) is 0 Å². The van der Waals surface area contributed by atoms with Crippen molar-refractivity contribution in [2.24, 2.45) is 5.73 Å². The van der Waals surface area contributed by atoms with Crippen LogP contribution >= 0.6 is 12.2 Å². The zero-order chi connectivity index (χ0) is 10.6. The van der Waals surface area contributed by atoms with Crippen molar-refractivity contribution < 1.29 is 9.21 Å². The van der Waals surface area contributed by atoms with E-state index >= 15 is 0 Å². The summed E-state index contributed by atoms with van der Waals surface area (Å²) in [5.41, 5.74) is 5.80. The number of amides is 1. The molecule has 4 nitrogen and oxygen atoms in total. The molecule has 1 heterocycles. The standard InChI is InChI=1S/C9H12N2O2S/c1-2-7-6(3-4-13-7)9(12)11-5-8(10)14/h3-4H,2,5H2,1H3,(H2,10,14)(H,11,12). The van der Waals surface area contributed by atoms with E-state index in [1.165, 1.54) is 6.26 Å². The first kappa shape index (κ1) is 10.7. The maximum atomic E-state index is 11.5. The largest absolute Gasteiger partial charge is 0.469 e. The molecule has 0 aliphatic heterocycles. The topological polar surface area (TPSA) is 68.3 Å². The van der Waals surface area contributed by atoms with Gasteiger partial charge in [-0.25, -0.2) is 0 Å². The summed E-state index contributed by atoms with van der Waals surface area (Å²) in [6, 6.07) is 1.63. The van der Waals surface area contributed by atoms with Crippen LogP contribution in [0.5, 0.6) is 0 Å². The number of hydrogen-bond acceptors (Lipinski definition) is 3. The molecule has 3 N–H and O–H groups in total. The van der Waals surface area contributed by atoms with Gasteiger partial charge >= 0.3 is 0 Å². The highest BCUT2D eigenvalue weighted by Crippen LogP contribution is 2.10. The van der Waals surface area contributed by atoms with Gasteiger partial charge in [-0.05, 0) is 6.07 Å². The Bertz CT molecular complexity index is 346. The predicted molar refractivity (Wildman–Crippen MR) is 57.2 cm³/mol. The van der Waals surface area contributed by atoms with Crippen molar-refractivity contribution in [3.05, 3.63) is 23.7 Å². The highest BCUT2D eigenvalue weighted by molar-refractivity contribution is 7.80. The molecule has 14 heavy (non-hydrogen) atoms. The van der Waals surface area contributed by atoms with Gasteiger partial charge in [0.2, 0.25) is 0 Å². The SMILES string of the molecule is CCc1occc1C(=O)NCC(N)=S. The first-order valence-corrected chi connectivity index (χ1v) is 4.68. The fourth-order valence-electron chi connectivity index (χ4n) is 1.08. The molecule has 0 fully saturated rings. The molecule has 0 bridgehead atoms. The predicted octanol–water partition coefficient (Wildman–Crippen LogP) is 0.858. The molecule has 1 amide bonds. The van der Waals surface area contributed by atoms with Crippen LogP contribution in [0.1, 0.15) is 23.0 Å². The molecule has 0 saturated heterocycles. The number of nitrogens with two attached hydrogens (primary N) is 1. The third-order valence-corrected chi connectivity index (χ3v) is 1.88. The van der Waals surface area contributed by atoms with Crippen LogP contribution in [-0.4, -0.2) is 17.4 Å². The molecule has 1 rings (SSSR count). The molecular weight excluding hydrogens is 200 g/mol. The monoisotopic (exact) mass is 212 g/mol. The number of thiocarbonyl (C=S) groups is 1. The number of hydrogen-bond donors (Lipinski definition) is 2. The number of aryl methyl sites for hydroxylation is 1. The van der Waals surface area contributed by atoms with Crippen LogP contribution in [0.3, 0.4) is 0 Å². The molecule has 0 aromatic carbocycles. The Labute approximate surface area is 87.5 Å². The zero-order valence-electron chi connectivity index (χ0n) is 7.87. The fourth-order valence-corrected chi connectivity index (χ4v) is 1.15. The Kier molecular flexibility index (Phi) is 3.64. The van der Waals surface area contributed by atoms with Gasteiger partial charge in [0.25, 0.3) is 5.91 Å². The summed E-state index contributed by atoms with van der Waals surface area (Å²) in [6.45, 7) is 2.13. The lowest BCUT2D eigenvalue weighted by Gasteiger charge is -2.02. The minimum Gasteiger partial charge on any atom is -0.469 e. The van der Waals surface area contributed by atoms with Gasteiger partial charge in [-0.3, -0.25) is 4.79 Å². The van der Waals surface area contributed by atoms with Gasteiger partial charge in [-0.15, -0.1) is 0 Å². The van der Waals surface area contributed by atoms with Crippen LogP contribution in [0, 0.1) is 0 Å². The van der Waals surface area contributed by atoms with Crippen LogP contribution in [0.2, 0.25) is 0 Å². The smallest absolute Gasteiger partial charge is 0.255 e. The molecule has 5 heteroatoms. The summed E-state index contributed by atoms with van der Waals surface area (Å²) in [4.78, 5) is 11.8. The number of carbonyl (C=O) groups excluding carboxylic acids is 1. The lowest BCUT2D eigenvalue weighted by Crippen LogP contribution is -2.32. The van der Waals surface area contributed by atoms with Crippen molar-refractivity contribution >= 4 is 23.1 Å². The maximum absolute atomic E-state index is 11.5. The first-order chi connectivity index (χ1) is 6.65. The van der Waals surface area contributed by atoms with Crippen LogP contribution < -0.4 is 11.1 Å². The second kappa shape index (κ2) is 4.76. The summed E-state index contributed by atoms with van der Waals surface area (Å²) in [5.74, 6) is 0.467. The van der Waals surface area contributed by atoms with Crippen molar-refractivity contribution in [3.63, 3.8) is 0 Å². The van der Waals surface area contributed by atoms with E-state index in [0.717, 1.165) is 0 Å². The van der Waals surface area contributed by atoms with Gasteiger partial charge < -0.3 is 15.5 Å². The average molecular weight is 212 g/mol. The average Bonchev–Trinajstić information content (AvgIpc) is 2.61. The summed E-state index contributed by atoms with van der Waals surface area (Å²) < 4.78 is 5.12. The molecule has 0 atom stereocenters. The van der Waals surface area contributed by atoms with Gasteiger partial charge in [0.1, 0.15) is 5.76 Å². The third kappa shape index (κ3) is 2.56. The Morgan fingerprint density at radius 1 is 1.71 bits per heavy atom. The normalized spacial score (nSPS) is 9.79. The Morgan fingerprint density at radius 2 is 2.43 bits per heavy atom. The van der Waals surface area contributed by atoms with Crippen molar-refractivity contribution in [2.45, 2.75) is 13.3 Å². The second-order valence-electron chi connectivity index (χ2n) is 2.76. The molecule has 0 saturated carbocycles. The zero-order valence-corrected chi connectivity index (χ0v) is 8.69. The number of nitrogens with one attached hydrogen (secondary N) is 1. The highest BCUT2D eigenvalue weighted by Gasteiger charge is 2.12. The van der Waals surface area contributed by atoms with E-state index < -0.39 is 0 Å². The molecule has 0 unspecified atom stereocenters. The van der Waals surface area contributed by atoms with Gasteiger partial charge in [-0.2, -0.15) is 0 Å². The van der Waals surface area contributed by atoms with E-state index in [1.54, 1.807) is 6.07 Å². The molecule has 0 radical (unpaired) electrons. The highest BCUT2D eigenvalue weighted by atomic mass is 32.1. The summed E-state index contributed by atoms with van der Waals surface area (Å²) in [5, 5.41) is 2.59. The van der Waals surface area contributed by atoms with E-state index in [2.05, 4.69) is 17.5 Å². The van der Waals surface area contributed by atoms with E-state index in [0.29, 0.717) is 17.7 Å². The molecule has 0 spiro atoms.